The molecule has 2 aromatic rings. The van der Waals surface area contributed by atoms with Crippen LogP contribution in [0.15, 0.2) is 34.8 Å². The SMILES string of the molecule is CCCNC(Cc1cccc(OC)c1)c1sc(C)cc1Br. The zero-order valence-electron chi connectivity index (χ0n) is 12.8. The van der Waals surface area contributed by atoms with Crippen LogP contribution in [-0.2, 0) is 6.42 Å². The molecule has 0 aliphatic carbocycles. The van der Waals surface area contributed by atoms with E-state index in [1.807, 2.05) is 17.4 Å². The number of methoxy groups -OCH3 is 1. The highest BCUT2D eigenvalue weighted by molar-refractivity contribution is 9.10. The summed E-state index contributed by atoms with van der Waals surface area (Å²) in [7, 11) is 1.71. The summed E-state index contributed by atoms with van der Waals surface area (Å²) in [5.74, 6) is 0.920. The molecule has 1 aromatic carbocycles. The number of benzene rings is 1. The molecule has 0 saturated heterocycles. The lowest BCUT2D eigenvalue weighted by Gasteiger charge is -2.18. The lowest BCUT2D eigenvalue weighted by atomic mass is 10.0. The van der Waals surface area contributed by atoms with E-state index in [0.29, 0.717) is 6.04 Å². The summed E-state index contributed by atoms with van der Waals surface area (Å²) < 4.78 is 6.53. The predicted molar refractivity (Wildman–Crippen MR) is 94.5 cm³/mol. The van der Waals surface area contributed by atoms with Gasteiger partial charge in [-0.1, -0.05) is 19.1 Å². The Morgan fingerprint density at radius 3 is 2.76 bits per heavy atom. The van der Waals surface area contributed by atoms with Gasteiger partial charge < -0.3 is 10.1 Å². The molecule has 0 spiro atoms. The molecule has 0 saturated carbocycles. The summed E-state index contributed by atoms with van der Waals surface area (Å²) in [4.78, 5) is 2.72. The van der Waals surface area contributed by atoms with Gasteiger partial charge in [0.1, 0.15) is 5.75 Å². The summed E-state index contributed by atoms with van der Waals surface area (Å²) in [6, 6.07) is 10.9. The van der Waals surface area contributed by atoms with E-state index in [4.69, 9.17) is 4.74 Å². The molecule has 0 fully saturated rings. The first kappa shape index (κ1) is 16.5. The maximum Gasteiger partial charge on any atom is 0.119 e. The summed E-state index contributed by atoms with van der Waals surface area (Å²) in [6.07, 6.45) is 2.10. The predicted octanol–water partition coefficient (Wildman–Crippen LogP) is 5.11. The smallest absolute Gasteiger partial charge is 0.119 e. The fourth-order valence-electron chi connectivity index (χ4n) is 2.35. The van der Waals surface area contributed by atoms with Gasteiger partial charge in [0.2, 0.25) is 0 Å². The molecule has 0 aliphatic heterocycles. The number of hydrogen-bond acceptors (Lipinski definition) is 3. The maximum atomic E-state index is 5.32. The number of nitrogens with one attached hydrogen (secondary N) is 1. The van der Waals surface area contributed by atoms with E-state index in [0.717, 1.165) is 25.1 Å². The second-order valence-electron chi connectivity index (χ2n) is 5.13. The molecule has 4 heteroatoms. The Bertz CT molecular complexity index is 582. The number of halogens is 1. The highest BCUT2D eigenvalue weighted by Crippen LogP contribution is 2.34. The van der Waals surface area contributed by atoms with Crippen molar-refractivity contribution in [3.8, 4) is 5.75 Å². The standard InChI is InChI=1S/C17H22BrNOS/c1-4-8-19-16(17-15(18)9-12(2)21-17)11-13-6-5-7-14(10-13)20-3/h5-7,9-10,16,19H,4,8,11H2,1-3H3. The minimum absolute atomic E-state index is 0.338. The van der Waals surface area contributed by atoms with Crippen LogP contribution in [0.2, 0.25) is 0 Å². The minimum atomic E-state index is 0.338. The third-order valence-electron chi connectivity index (χ3n) is 3.37. The minimum Gasteiger partial charge on any atom is -0.497 e. The van der Waals surface area contributed by atoms with Crippen molar-refractivity contribution in [1.82, 2.24) is 5.32 Å². The zero-order valence-corrected chi connectivity index (χ0v) is 15.2. The second kappa shape index (κ2) is 7.97. The second-order valence-corrected chi connectivity index (χ2v) is 7.27. The Balaban J connectivity index is 2.21. The molecule has 114 valence electrons. The van der Waals surface area contributed by atoms with Gasteiger partial charge in [0.05, 0.1) is 7.11 Å². The third kappa shape index (κ3) is 4.56. The Hall–Kier alpha value is -0.840. The van der Waals surface area contributed by atoms with Gasteiger partial charge in [0, 0.05) is 20.3 Å². The summed E-state index contributed by atoms with van der Waals surface area (Å²) >= 11 is 5.56. The molecule has 1 unspecified atom stereocenters. The number of rotatable bonds is 7. The summed E-state index contributed by atoms with van der Waals surface area (Å²) in [5, 5.41) is 3.67. The molecule has 1 heterocycles. The Morgan fingerprint density at radius 1 is 1.33 bits per heavy atom. The van der Waals surface area contributed by atoms with Gasteiger partial charge in [-0.2, -0.15) is 0 Å². The number of ether oxygens (including phenoxy) is 1. The van der Waals surface area contributed by atoms with Crippen molar-refractivity contribution in [2.45, 2.75) is 32.7 Å². The third-order valence-corrected chi connectivity index (χ3v) is 5.45. The normalized spacial score (nSPS) is 12.4. The van der Waals surface area contributed by atoms with Crippen LogP contribution in [0.5, 0.6) is 5.75 Å². The van der Waals surface area contributed by atoms with E-state index in [2.05, 4.69) is 59.4 Å². The average Bonchev–Trinajstić information content (AvgIpc) is 2.82. The number of aryl methyl sites for hydroxylation is 1. The molecule has 0 bridgehead atoms. The molecule has 0 aliphatic rings. The van der Waals surface area contributed by atoms with E-state index in [-0.39, 0.29) is 0 Å². The first-order valence-electron chi connectivity index (χ1n) is 7.26. The molecule has 2 rings (SSSR count). The van der Waals surface area contributed by atoms with Gasteiger partial charge in [-0.25, -0.2) is 0 Å². The highest BCUT2D eigenvalue weighted by Gasteiger charge is 2.17. The molecule has 2 nitrogen and oxygen atoms in total. The van der Waals surface area contributed by atoms with Crippen LogP contribution in [0, 0.1) is 6.92 Å². The zero-order chi connectivity index (χ0) is 15.2. The van der Waals surface area contributed by atoms with E-state index >= 15 is 0 Å². The Morgan fingerprint density at radius 2 is 2.14 bits per heavy atom. The Labute approximate surface area is 139 Å². The van der Waals surface area contributed by atoms with E-state index in [1.54, 1.807) is 7.11 Å². The van der Waals surface area contributed by atoms with Crippen LogP contribution in [0.4, 0.5) is 0 Å². The van der Waals surface area contributed by atoms with Crippen LogP contribution in [-0.4, -0.2) is 13.7 Å². The van der Waals surface area contributed by atoms with Crippen LogP contribution >= 0.6 is 27.3 Å². The van der Waals surface area contributed by atoms with Crippen molar-refractivity contribution in [3.63, 3.8) is 0 Å². The van der Waals surface area contributed by atoms with Crippen molar-refractivity contribution in [1.29, 1.82) is 0 Å². The van der Waals surface area contributed by atoms with E-state index in [1.165, 1.54) is 19.8 Å². The number of hydrogen-bond donors (Lipinski definition) is 1. The van der Waals surface area contributed by atoms with Crippen LogP contribution < -0.4 is 10.1 Å². The topological polar surface area (TPSA) is 21.3 Å². The maximum absolute atomic E-state index is 5.32. The van der Waals surface area contributed by atoms with Crippen molar-refractivity contribution < 1.29 is 4.74 Å². The summed E-state index contributed by atoms with van der Waals surface area (Å²) in [5.41, 5.74) is 1.29. The Kier molecular flexibility index (Phi) is 6.27. The van der Waals surface area contributed by atoms with Crippen molar-refractivity contribution in [2.24, 2.45) is 0 Å². The molecule has 0 amide bonds. The molecule has 1 atom stereocenters. The van der Waals surface area contributed by atoms with Crippen molar-refractivity contribution >= 4 is 27.3 Å². The molecule has 0 radical (unpaired) electrons. The molecular formula is C17H22BrNOS. The fraction of sp³-hybridized carbons (Fsp3) is 0.412. The van der Waals surface area contributed by atoms with Gasteiger partial charge >= 0.3 is 0 Å². The van der Waals surface area contributed by atoms with Gasteiger partial charge in [-0.05, 0) is 66.0 Å². The van der Waals surface area contributed by atoms with Gasteiger partial charge in [0.25, 0.3) is 0 Å². The lowest BCUT2D eigenvalue weighted by molar-refractivity contribution is 0.414. The van der Waals surface area contributed by atoms with Crippen molar-refractivity contribution in [3.05, 3.63) is 50.1 Å². The van der Waals surface area contributed by atoms with Gasteiger partial charge in [-0.3, -0.25) is 0 Å². The fourth-order valence-corrected chi connectivity index (χ4v) is 4.35. The quantitative estimate of drug-likeness (QED) is 0.733. The molecule has 1 N–H and O–H groups in total. The van der Waals surface area contributed by atoms with Gasteiger partial charge in [-0.15, -0.1) is 11.3 Å². The van der Waals surface area contributed by atoms with Crippen LogP contribution in [0.3, 0.4) is 0 Å². The average molecular weight is 368 g/mol. The number of thiophene rings is 1. The summed E-state index contributed by atoms with van der Waals surface area (Å²) in [6.45, 7) is 5.38. The monoisotopic (exact) mass is 367 g/mol. The van der Waals surface area contributed by atoms with E-state index < -0.39 is 0 Å². The first-order chi connectivity index (χ1) is 10.1. The highest BCUT2D eigenvalue weighted by atomic mass is 79.9. The van der Waals surface area contributed by atoms with Crippen LogP contribution in [0.1, 0.15) is 34.7 Å². The van der Waals surface area contributed by atoms with Gasteiger partial charge in [0.15, 0.2) is 0 Å². The lowest BCUT2D eigenvalue weighted by Crippen LogP contribution is -2.23. The van der Waals surface area contributed by atoms with Crippen LogP contribution in [0.25, 0.3) is 0 Å². The molecule has 21 heavy (non-hydrogen) atoms. The first-order valence-corrected chi connectivity index (χ1v) is 8.87. The van der Waals surface area contributed by atoms with Crippen molar-refractivity contribution in [2.75, 3.05) is 13.7 Å². The molecule has 1 aromatic heterocycles. The largest absolute Gasteiger partial charge is 0.497 e. The van der Waals surface area contributed by atoms with E-state index in [9.17, 15) is 0 Å². The molecular weight excluding hydrogens is 346 g/mol.